The minimum atomic E-state index is -0.192. The van der Waals surface area contributed by atoms with Gasteiger partial charge in [0.05, 0.1) is 6.54 Å². The van der Waals surface area contributed by atoms with Gasteiger partial charge in [-0.25, -0.2) is 4.39 Å². The lowest BCUT2D eigenvalue weighted by Crippen LogP contribution is -2.39. The maximum absolute atomic E-state index is 12.9. The zero-order chi connectivity index (χ0) is 15.1. The lowest BCUT2D eigenvalue weighted by atomic mass is 10.2. The first-order valence-electron chi connectivity index (χ1n) is 7.63. The summed E-state index contributed by atoms with van der Waals surface area (Å²) in [6.07, 6.45) is 1.06. The summed E-state index contributed by atoms with van der Waals surface area (Å²) in [5.41, 5.74) is 1.13. The van der Waals surface area contributed by atoms with E-state index in [0.29, 0.717) is 13.1 Å². The van der Waals surface area contributed by atoms with Gasteiger partial charge in [0, 0.05) is 26.2 Å². The van der Waals surface area contributed by atoms with Gasteiger partial charge in [0.15, 0.2) is 0 Å². The van der Waals surface area contributed by atoms with Crippen molar-refractivity contribution < 1.29 is 9.18 Å². The second-order valence-corrected chi connectivity index (χ2v) is 5.49. The molecule has 4 nitrogen and oxygen atoms in total. The molecule has 1 aromatic rings. The molecule has 0 unspecified atom stereocenters. The number of hydrogen-bond donors (Lipinski definition) is 1. The van der Waals surface area contributed by atoms with E-state index in [4.69, 9.17) is 0 Å². The van der Waals surface area contributed by atoms with Gasteiger partial charge in [0.25, 0.3) is 0 Å². The van der Waals surface area contributed by atoms with Crippen molar-refractivity contribution in [2.75, 3.05) is 39.3 Å². The van der Waals surface area contributed by atoms with Gasteiger partial charge in [0.2, 0.25) is 5.91 Å². The number of carbonyl (C=O) groups is 1. The number of likely N-dealkylation sites (N-methyl/N-ethyl adjacent to an activating group) is 1. The molecule has 0 bridgehead atoms. The van der Waals surface area contributed by atoms with Crippen LogP contribution in [0.15, 0.2) is 24.3 Å². The van der Waals surface area contributed by atoms with E-state index in [9.17, 15) is 9.18 Å². The van der Waals surface area contributed by atoms with Crippen molar-refractivity contribution >= 4 is 5.91 Å². The number of benzene rings is 1. The van der Waals surface area contributed by atoms with Crippen molar-refractivity contribution in [1.82, 2.24) is 15.1 Å². The second-order valence-electron chi connectivity index (χ2n) is 5.49. The molecule has 1 aromatic carbocycles. The van der Waals surface area contributed by atoms with Crippen LogP contribution in [0.25, 0.3) is 0 Å². The maximum atomic E-state index is 12.9. The van der Waals surface area contributed by atoms with E-state index in [2.05, 4.69) is 15.1 Å². The van der Waals surface area contributed by atoms with E-state index in [1.807, 2.05) is 19.1 Å². The molecule has 1 N–H and O–H groups in total. The SMILES string of the molecule is CCNC(=O)CN1CCCN(Cc2ccc(F)cc2)CC1. The molecule has 116 valence electrons. The predicted octanol–water partition coefficient (Wildman–Crippen LogP) is 1.47. The van der Waals surface area contributed by atoms with Gasteiger partial charge >= 0.3 is 0 Å². The molecule has 0 radical (unpaired) electrons. The Morgan fingerprint density at radius 2 is 1.81 bits per heavy atom. The topological polar surface area (TPSA) is 35.6 Å². The first-order chi connectivity index (χ1) is 10.2. The van der Waals surface area contributed by atoms with Crippen LogP contribution in [0.4, 0.5) is 4.39 Å². The Morgan fingerprint density at radius 3 is 2.52 bits per heavy atom. The highest BCUT2D eigenvalue weighted by atomic mass is 19.1. The Kier molecular flexibility index (Phi) is 6.14. The van der Waals surface area contributed by atoms with Crippen molar-refractivity contribution in [2.24, 2.45) is 0 Å². The molecule has 1 heterocycles. The van der Waals surface area contributed by atoms with Crippen LogP contribution in [-0.2, 0) is 11.3 Å². The Labute approximate surface area is 125 Å². The fourth-order valence-corrected chi connectivity index (χ4v) is 2.64. The third-order valence-electron chi connectivity index (χ3n) is 3.74. The molecule has 21 heavy (non-hydrogen) atoms. The van der Waals surface area contributed by atoms with Gasteiger partial charge in [-0.2, -0.15) is 0 Å². The number of nitrogens with one attached hydrogen (secondary N) is 1. The molecule has 1 fully saturated rings. The molecule has 1 aliphatic heterocycles. The standard InChI is InChI=1S/C16H24FN3O/c1-2-18-16(21)13-20-9-3-8-19(10-11-20)12-14-4-6-15(17)7-5-14/h4-7H,2-3,8-13H2,1H3,(H,18,21). The Morgan fingerprint density at radius 1 is 1.14 bits per heavy atom. The van der Waals surface area contributed by atoms with Gasteiger partial charge < -0.3 is 5.32 Å². The monoisotopic (exact) mass is 293 g/mol. The summed E-state index contributed by atoms with van der Waals surface area (Å²) in [7, 11) is 0. The summed E-state index contributed by atoms with van der Waals surface area (Å²) in [4.78, 5) is 16.2. The molecule has 0 aromatic heterocycles. The van der Waals surface area contributed by atoms with Crippen LogP contribution in [0.5, 0.6) is 0 Å². The van der Waals surface area contributed by atoms with Crippen LogP contribution in [-0.4, -0.2) is 55.0 Å². The zero-order valence-corrected chi connectivity index (χ0v) is 12.6. The summed E-state index contributed by atoms with van der Waals surface area (Å²) in [5, 5.41) is 2.84. The average molecular weight is 293 g/mol. The maximum Gasteiger partial charge on any atom is 0.234 e. The van der Waals surface area contributed by atoms with Gasteiger partial charge in [-0.05, 0) is 44.1 Å². The second kappa shape index (κ2) is 8.10. The smallest absolute Gasteiger partial charge is 0.234 e. The Hall–Kier alpha value is -1.46. The minimum absolute atomic E-state index is 0.101. The van der Waals surface area contributed by atoms with Crippen molar-refractivity contribution in [3.05, 3.63) is 35.6 Å². The molecule has 1 amide bonds. The van der Waals surface area contributed by atoms with Crippen LogP contribution in [0.1, 0.15) is 18.9 Å². The number of rotatable bonds is 5. The van der Waals surface area contributed by atoms with Crippen molar-refractivity contribution in [3.63, 3.8) is 0 Å². The number of nitrogens with zero attached hydrogens (tertiary/aromatic N) is 2. The molecule has 2 rings (SSSR count). The molecular formula is C16H24FN3O. The summed E-state index contributed by atoms with van der Waals surface area (Å²) >= 11 is 0. The largest absolute Gasteiger partial charge is 0.355 e. The highest BCUT2D eigenvalue weighted by Gasteiger charge is 2.16. The van der Waals surface area contributed by atoms with Gasteiger partial charge in [0.1, 0.15) is 5.82 Å². The van der Waals surface area contributed by atoms with E-state index in [1.54, 1.807) is 0 Å². The summed E-state index contributed by atoms with van der Waals surface area (Å²) in [6.45, 7) is 7.76. The highest BCUT2D eigenvalue weighted by molar-refractivity contribution is 5.77. The third kappa shape index (κ3) is 5.44. The molecule has 0 spiro atoms. The Balaban J connectivity index is 1.80. The zero-order valence-electron chi connectivity index (χ0n) is 12.6. The van der Waals surface area contributed by atoms with Crippen LogP contribution >= 0.6 is 0 Å². The normalized spacial score (nSPS) is 17.4. The summed E-state index contributed by atoms with van der Waals surface area (Å²) in [5.74, 6) is -0.0905. The van der Waals surface area contributed by atoms with E-state index in [-0.39, 0.29) is 11.7 Å². The summed E-state index contributed by atoms with van der Waals surface area (Å²) in [6, 6.07) is 6.70. The molecule has 1 saturated heterocycles. The van der Waals surface area contributed by atoms with E-state index < -0.39 is 0 Å². The first-order valence-corrected chi connectivity index (χ1v) is 7.63. The number of amides is 1. The average Bonchev–Trinajstić information content (AvgIpc) is 2.67. The third-order valence-corrected chi connectivity index (χ3v) is 3.74. The molecule has 0 aliphatic carbocycles. The number of carbonyl (C=O) groups excluding carboxylic acids is 1. The van der Waals surface area contributed by atoms with Gasteiger partial charge in [-0.1, -0.05) is 12.1 Å². The minimum Gasteiger partial charge on any atom is -0.355 e. The lowest BCUT2D eigenvalue weighted by Gasteiger charge is -2.21. The van der Waals surface area contributed by atoms with Gasteiger partial charge in [-0.15, -0.1) is 0 Å². The van der Waals surface area contributed by atoms with Gasteiger partial charge in [-0.3, -0.25) is 14.6 Å². The highest BCUT2D eigenvalue weighted by Crippen LogP contribution is 2.10. The van der Waals surface area contributed by atoms with E-state index in [1.165, 1.54) is 12.1 Å². The quantitative estimate of drug-likeness (QED) is 0.893. The fraction of sp³-hybridized carbons (Fsp3) is 0.562. The molecular weight excluding hydrogens is 269 g/mol. The van der Waals surface area contributed by atoms with Crippen LogP contribution in [0.3, 0.4) is 0 Å². The first kappa shape index (κ1) is 15.9. The lowest BCUT2D eigenvalue weighted by molar-refractivity contribution is -0.122. The van der Waals surface area contributed by atoms with Crippen molar-refractivity contribution in [2.45, 2.75) is 19.9 Å². The van der Waals surface area contributed by atoms with Crippen molar-refractivity contribution in [1.29, 1.82) is 0 Å². The molecule has 5 heteroatoms. The number of halogens is 1. The summed E-state index contributed by atoms with van der Waals surface area (Å²) < 4.78 is 12.9. The van der Waals surface area contributed by atoms with E-state index in [0.717, 1.165) is 44.7 Å². The van der Waals surface area contributed by atoms with Crippen molar-refractivity contribution in [3.8, 4) is 0 Å². The molecule has 1 aliphatic rings. The van der Waals surface area contributed by atoms with Crippen LogP contribution in [0, 0.1) is 5.82 Å². The molecule has 0 saturated carbocycles. The fourth-order valence-electron chi connectivity index (χ4n) is 2.64. The molecule has 0 atom stereocenters. The van der Waals surface area contributed by atoms with Crippen LogP contribution in [0.2, 0.25) is 0 Å². The number of hydrogen-bond acceptors (Lipinski definition) is 3. The van der Waals surface area contributed by atoms with Crippen LogP contribution < -0.4 is 5.32 Å². The van der Waals surface area contributed by atoms with E-state index >= 15 is 0 Å². The predicted molar refractivity (Wildman–Crippen MR) is 81.4 cm³/mol. The Bertz CT molecular complexity index is 449.